The molecule has 0 bridgehead atoms. The second-order valence-corrected chi connectivity index (χ2v) is 5.78. The van der Waals surface area contributed by atoms with E-state index >= 15 is 0 Å². The molecule has 3 N–H and O–H groups in total. The van der Waals surface area contributed by atoms with E-state index in [2.05, 4.69) is 10.3 Å². The van der Waals surface area contributed by atoms with Gasteiger partial charge in [-0.25, -0.2) is 9.97 Å². The predicted octanol–water partition coefficient (Wildman–Crippen LogP) is 3.44. The molecule has 1 heterocycles. The van der Waals surface area contributed by atoms with Crippen LogP contribution in [0, 0.1) is 0 Å². The predicted molar refractivity (Wildman–Crippen MR) is 86.6 cm³/mol. The van der Waals surface area contributed by atoms with E-state index in [1.807, 2.05) is 30.5 Å². The van der Waals surface area contributed by atoms with Crippen LogP contribution in [0.3, 0.4) is 0 Å². The molecule has 0 saturated heterocycles. The zero-order valence-electron chi connectivity index (χ0n) is 11.8. The number of anilines is 1. The highest BCUT2D eigenvalue weighted by Gasteiger charge is 2.28. The van der Waals surface area contributed by atoms with Crippen molar-refractivity contribution in [2.75, 3.05) is 18.4 Å². The number of nitrogens with one attached hydrogen (secondary N) is 1. The first-order chi connectivity index (χ1) is 10.3. The molecule has 3 rings (SSSR count). The molecular weight excluding hydrogens is 284 g/mol. The summed E-state index contributed by atoms with van der Waals surface area (Å²) < 4.78 is 0. The molecule has 1 aliphatic rings. The fourth-order valence-corrected chi connectivity index (χ4v) is 2.48. The van der Waals surface area contributed by atoms with Gasteiger partial charge in [-0.3, -0.25) is 0 Å². The molecule has 1 aromatic heterocycles. The molecule has 0 spiro atoms. The van der Waals surface area contributed by atoms with Gasteiger partial charge in [-0.1, -0.05) is 23.7 Å². The summed E-state index contributed by atoms with van der Waals surface area (Å²) in [5.41, 5.74) is 8.65. The van der Waals surface area contributed by atoms with E-state index in [-0.39, 0.29) is 0 Å². The zero-order chi connectivity index (χ0) is 14.7. The molecule has 21 heavy (non-hydrogen) atoms. The molecule has 4 nitrogen and oxygen atoms in total. The average molecular weight is 303 g/mol. The molecule has 110 valence electrons. The van der Waals surface area contributed by atoms with E-state index in [9.17, 15) is 0 Å². The van der Waals surface area contributed by atoms with Gasteiger partial charge in [0, 0.05) is 23.0 Å². The van der Waals surface area contributed by atoms with Gasteiger partial charge in [0.2, 0.25) is 0 Å². The van der Waals surface area contributed by atoms with Crippen molar-refractivity contribution in [3.8, 4) is 11.4 Å². The van der Waals surface area contributed by atoms with Crippen molar-refractivity contribution in [3.63, 3.8) is 0 Å². The van der Waals surface area contributed by atoms with Crippen LogP contribution in [0.5, 0.6) is 0 Å². The minimum absolute atomic E-state index is 0.561. The number of hydrogen-bond acceptors (Lipinski definition) is 4. The quantitative estimate of drug-likeness (QED) is 0.802. The van der Waals surface area contributed by atoms with Gasteiger partial charge in [-0.05, 0) is 37.9 Å². The molecule has 1 saturated carbocycles. The summed E-state index contributed by atoms with van der Waals surface area (Å²) in [6.07, 6.45) is 5.24. The Hall–Kier alpha value is -1.65. The fourth-order valence-electron chi connectivity index (χ4n) is 2.29. The van der Waals surface area contributed by atoms with Gasteiger partial charge in [0.25, 0.3) is 0 Å². The second-order valence-electron chi connectivity index (χ2n) is 5.35. The van der Waals surface area contributed by atoms with Crippen molar-refractivity contribution in [1.29, 1.82) is 0 Å². The lowest BCUT2D eigenvalue weighted by Gasteiger charge is -2.11. The van der Waals surface area contributed by atoms with Gasteiger partial charge in [0.1, 0.15) is 0 Å². The summed E-state index contributed by atoms with van der Waals surface area (Å²) in [6, 6.07) is 7.66. The number of aromatic nitrogens is 2. The molecule has 1 aromatic carbocycles. The van der Waals surface area contributed by atoms with Crippen LogP contribution in [-0.4, -0.2) is 23.1 Å². The Morgan fingerprint density at radius 1 is 1.33 bits per heavy atom. The molecule has 0 amide bonds. The van der Waals surface area contributed by atoms with Gasteiger partial charge in [0.05, 0.1) is 17.6 Å². The summed E-state index contributed by atoms with van der Waals surface area (Å²) in [5.74, 6) is 1.30. The van der Waals surface area contributed by atoms with Crippen LogP contribution in [0.15, 0.2) is 30.5 Å². The lowest BCUT2D eigenvalue weighted by Crippen LogP contribution is -2.11. The van der Waals surface area contributed by atoms with Crippen LogP contribution in [0.4, 0.5) is 5.69 Å². The van der Waals surface area contributed by atoms with E-state index in [0.717, 1.165) is 35.7 Å². The van der Waals surface area contributed by atoms with Crippen molar-refractivity contribution in [1.82, 2.24) is 9.97 Å². The largest absolute Gasteiger partial charge is 0.382 e. The maximum absolute atomic E-state index is 6.05. The summed E-state index contributed by atoms with van der Waals surface area (Å²) in [6.45, 7) is 1.54. The Bertz CT molecular complexity index is 625. The maximum Gasteiger partial charge on any atom is 0.159 e. The number of nitrogens with zero attached hydrogens (tertiary/aromatic N) is 2. The normalized spacial score (nSPS) is 14.2. The molecular formula is C16H19ClN4. The molecule has 0 aliphatic heterocycles. The van der Waals surface area contributed by atoms with Gasteiger partial charge >= 0.3 is 0 Å². The summed E-state index contributed by atoms with van der Waals surface area (Å²) >= 11 is 6.05. The first-order valence-corrected chi connectivity index (χ1v) is 7.72. The molecule has 1 aliphatic carbocycles. The number of hydrogen-bond donors (Lipinski definition) is 2. The number of nitrogens with two attached hydrogens (primary N) is 1. The zero-order valence-corrected chi connectivity index (χ0v) is 12.6. The van der Waals surface area contributed by atoms with Gasteiger partial charge in [-0.15, -0.1) is 0 Å². The lowest BCUT2D eigenvalue weighted by molar-refractivity contribution is 0.866. The highest BCUT2D eigenvalue weighted by Crippen LogP contribution is 2.42. The van der Waals surface area contributed by atoms with Crippen LogP contribution in [0.25, 0.3) is 11.4 Å². The first kappa shape index (κ1) is 14.3. The standard InChI is InChI=1S/C16H19ClN4/c17-13-4-1-3-12(9-13)16-20-10-14(19-8-2-7-18)15(21-16)11-5-6-11/h1,3-4,9-11,19H,2,5-8,18H2. The van der Waals surface area contributed by atoms with Crippen LogP contribution >= 0.6 is 11.6 Å². The Morgan fingerprint density at radius 2 is 2.19 bits per heavy atom. The van der Waals surface area contributed by atoms with Gasteiger partial charge in [-0.2, -0.15) is 0 Å². The number of benzene rings is 1. The summed E-state index contributed by atoms with van der Waals surface area (Å²) in [5, 5.41) is 4.10. The third-order valence-electron chi connectivity index (χ3n) is 3.56. The highest BCUT2D eigenvalue weighted by atomic mass is 35.5. The maximum atomic E-state index is 6.05. The lowest BCUT2D eigenvalue weighted by atomic mass is 10.2. The first-order valence-electron chi connectivity index (χ1n) is 7.35. The van der Waals surface area contributed by atoms with E-state index in [4.69, 9.17) is 22.3 Å². The average Bonchev–Trinajstić information content (AvgIpc) is 3.32. The molecule has 0 unspecified atom stereocenters. The van der Waals surface area contributed by atoms with Crippen LogP contribution in [0.1, 0.15) is 30.9 Å². The SMILES string of the molecule is NCCCNc1cnc(-c2cccc(Cl)c2)nc1C1CC1. The van der Waals surface area contributed by atoms with Crippen LogP contribution in [0.2, 0.25) is 5.02 Å². The van der Waals surface area contributed by atoms with Crippen LogP contribution < -0.4 is 11.1 Å². The minimum Gasteiger partial charge on any atom is -0.382 e. The molecule has 2 aromatic rings. The van der Waals surface area contributed by atoms with Crippen LogP contribution in [-0.2, 0) is 0 Å². The van der Waals surface area contributed by atoms with E-state index in [1.165, 1.54) is 12.8 Å². The Labute approximate surface area is 129 Å². The fraction of sp³-hybridized carbons (Fsp3) is 0.375. The third kappa shape index (κ3) is 3.52. The molecule has 1 fully saturated rings. The Balaban J connectivity index is 1.88. The molecule has 0 atom stereocenters. The van der Waals surface area contributed by atoms with E-state index in [1.54, 1.807) is 0 Å². The van der Waals surface area contributed by atoms with E-state index in [0.29, 0.717) is 17.5 Å². The molecule has 5 heteroatoms. The summed E-state index contributed by atoms with van der Waals surface area (Å²) in [4.78, 5) is 9.24. The van der Waals surface area contributed by atoms with E-state index < -0.39 is 0 Å². The Kier molecular flexibility index (Phi) is 4.36. The topological polar surface area (TPSA) is 63.8 Å². The second kappa shape index (κ2) is 6.41. The minimum atomic E-state index is 0.561. The summed E-state index contributed by atoms with van der Waals surface area (Å²) in [7, 11) is 0. The van der Waals surface area contributed by atoms with Crippen molar-refractivity contribution in [3.05, 3.63) is 41.2 Å². The van der Waals surface area contributed by atoms with Gasteiger partial charge < -0.3 is 11.1 Å². The van der Waals surface area contributed by atoms with Gasteiger partial charge in [0.15, 0.2) is 5.82 Å². The van der Waals surface area contributed by atoms with Crippen molar-refractivity contribution in [2.24, 2.45) is 5.73 Å². The molecule has 0 radical (unpaired) electrons. The number of halogens is 1. The third-order valence-corrected chi connectivity index (χ3v) is 3.80. The smallest absolute Gasteiger partial charge is 0.159 e. The monoisotopic (exact) mass is 302 g/mol. The van der Waals surface area contributed by atoms with Crippen molar-refractivity contribution >= 4 is 17.3 Å². The van der Waals surface area contributed by atoms with Crippen molar-refractivity contribution < 1.29 is 0 Å². The number of rotatable bonds is 6. The Morgan fingerprint density at radius 3 is 2.90 bits per heavy atom. The van der Waals surface area contributed by atoms with Crippen molar-refractivity contribution in [2.45, 2.75) is 25.2 Å². The highest BCUT2D eigenvalue weighted by molar-refractivity contribution is 6.30.